The number of carboxylic acid groups (broad SMARTS) is 1. The molecule has 0 radical (unpaired) electrons. The van der Waals surface area contributed by atoms with E-state index in [4.69, 9.17) is 0 Å². The van der Waals surface area contributed by atoms with Crippen LogP contribution in [-0.4, -0.2) is 16.1 Å². The second-order valence-corrected chi connectivity index (χ2v) is 5.33. The van der Waals surface area contributed by atoms with Gasteiger partial charge in [0.25, 0.3) is 0 Å². The number of hydrogen-bond acceptors (Lipinski definition) is 3. The molecular formula is C16H11BrN2O2. The minimum absolute atomic E-state index is 0.197. The first-order valence-electron chi connectivity index (χ1n) is 6.29. The summed E-state index contributed by atoms with van der Waals surface area (Å²) in [7, 11) is 0. The molecule has 0 saturated carbocycles. The Balaban J connectivity index is 2.14. The van der Waals surface area contributed by atoms with Crippen molar-refractivity contribution < 1.29 is 9.90 Å². The first kappa shape index (κ1) is 13.6. The lowest BCUT2D eigenvalue weighted by atomic mass is 10.1. The molecule has 3 rings (SSSR count). The molecule has 1 aromatic heterocycles. The minimum Gasteiger partial charge on any atom is -0.478 e. The zero-order chi connectivity index (χ0) is 14.8. The molecule has 0 atom stereocenters. The van der Waals surface area contributed by atoms with E-state index in [0.717, 1.165) is 15.5 Å². The standard InChI is InChI=1S/C16H11BrN2O2/c17-13-7-3-4-8-14(13)19-15-11-6-2-1-5-10(11)12(9-18-15)16(20)21/h1-9H,(H,18,19)(H,20,21). The van der Waals surface area contributed by atoms with Gasteiger partial charge in [0.2, 0.25) is 0 Å². The summed E-state index contributed by atoms with van der Waals surface area (Å²) in [6.07, 6.45) is 1.38. The second-order valence-electron chi connectivity index (χ2n) is 4.48. The lowest BCUT2D eigenvalue weighted by molar-refractivity contribution is 0.0698. The number of nitrogens with one attached hydrogen (secondary N) is 1. The molecule has 0 unspecified atom stereocenters. The molecule has 1 heterocycles. The Hall–Kier alpha value is -2.40. The zero-order valence-electron chi connectivity index (χ0n) is 10.9. The zero-order valence-corrected chi connectivity index (χ0v) is 12.5. The van der Waals surface area contributed by atoms with Gasteiger partial charge in [-0.3, -0.25) is 0 Å². The van der Waals surface area contributed by atoms with Crippen LogP contribution in [0.2, 0.25) is 0 Å². The number of aromatic carboxylic acids is 1. The van der Waals surface area contributed by atoms with Gasteiger partial charge >= 0.3 is 5.97 Å². The van der Waals surface area contributed by atoms with E-state index in [9.17, 15) is 9.90 Å². The van der Waals surface area contributed by atoms with Crippen molar-refractivity contribution in [2.45, 2.75) is 0 Å². The summed E-state index contributed by atoms with van der Waals surface area (Å²) in [5.41, 5.74) is 1.07. The molecule has 0 spiro atoms. The van der Waals surface area contributed by atoms with E-state index in [1.165, 1.54) is 6.20 Å². The number of fused-ring (bicyclic) bond motifs is 1. The van der Waals surface area contributed by atoms with Crippen LogP contribution in [0.15, 0.2) is 59.2 Å². The number of benzene rings is 2. The monoisotopic (exact) mass is 342 g/mol. The average molecular weight is 343 g/mol. The maximum absolute atomic E-state index is 11.3. The number of nitrogens with zero attached hydrogens (tertiary/aromatic N) is 1. The van der Waals surface area contributed by atoms with Gasteiger partial charge in [-0.2, -0.15) is 0 Å². The molecule has 2 aromatic carbocycles. The van der Waals surface area contributed by atoms with Gasteiger partial charge in [-0.05, 0) is 28.1 Å². The summed E-state index contributed by atoms with van der Waals surface area (Å²) >= 11 is 3.47. The summed E-state index contributed by atoms with van der Waals surface area (Å²) in [5, 5.41) is 13.9. The largest absolute Gasteiger partial charge is 0.478 e. The molecular weight excluding hydrogens is 332 g/mol. The van der Waals surface area contributed by atoms with E-state index in [-0.39, 0.29) is 5.56 Å². The van der Waals surface area contributed by atoms with Gasteiger partial charge in [0, 0.05) is 21.4 Å². The third kappa shape index (κ3) is 2.60. The van der Waals surface area contributed by atoms with E-state index in [0.29, 0.717) is 11.2 Å². The number of carboxylic acids is 1. The Bertz CT molecular complexity index is 833. The summed E-state index contributed by atoms with van der Waals surface area (Å²) in [5.74, 6) is -0.353. The maximum Gasteiger partial charge on any atom is 0.337 e. The molecule has 0 aliphatic carbocycles. The van der Waals surface area contributed by atoms with Gasteiger partial charge in [-0.1, -0.05) is 36.4 Å². The van der Waals surface area contributed by atoms with Crippen LogP contribution in [0.5, 0.6) is 0 Å². The third-order valence-electron chi connectivity index (χ3n) is 3.15. The van der Waals surface area contributed by atoms with Crippen LogP contribution in [0.25, 0.3) is 10.8 Å². The lowest BCUT2D eigenvalue weighted by Gasteiger charge is -2.11. The Morgan fingerprint density at radius 2 is 1.71 bits per heavy atom. The number of carbonyl (C=O) groups is 1. The van der Waals surface area contributed by atoms with E-state index in [1.807, 2.05) is 42.5 Å². The highest BCUT2D eigenvalue weighted by molar-refractivity contribution is 9.10. The van der Waals surface area contributed by atoms with Crippen LogP contribution in [-0.2, 0) is 0 Å². The number of para-hydroxylation sites is 1. The predicted molar refractivity (Wildman–Crippen MR) is 86.1 cm³/mol. The third-order valence-corrected chi connectivity index (χ3v) is 3.84. The fourth-order valence-electron chi connectivity index (χ4n) is 2.15. The smallest absolute Gasteiger partial charge is 0.337 e. The Morgan fingerprint density at radius 3 is 2.43 bits per heavy atom. The SMILES string of the molecule is O=C(O)c1cnc(Nc2ccccc2Br)c2ccccc12. The lowest BCUT2D eigenvalue weighted by Crippen LogP contribution is -2.02. The highest BCUT2D eigenvalue weighted by Crippen LogP contribution is 2.30. The number of rotatable bonds is 3. The van der Waals surface area contributed by atoms with Crippen LogP contribution in [0.4, 0.5) is 11.5 Å². The van der Waals surface area contributed by atoms with Crippen molar-refractivity contribution in [3.8, 4) is 0 Å². The predicted octanol–water partition coefficient (Wildman–Crippen LogP) is 4.44. The fourth-order valence-corrected chi connectivity index (χ4v) is 2.54. The van der Waals surface area contributed by atoms with Crippen molar-refractivity contribution in [3.63, 3.8) is 0 Å². The number of hydrogen-bond donors (Lipinski definition) is 2. The Kier molecular flexibility index (Phi) is 3.58. The van der Waals surface area contributed by atoms with Gasteiger partial charge in [-0.25, -0.2) is 9.78 Å². The van der Waals surface area contributed by atoms with Gasteiger partial charge in [0.1, 0.15) is 5.82 Å². The number of anilines is 2. The molecule has 5 heteroatoms. The quantitative estimate of drug-likeness (QED) is 0.738. The van der Waals surface area contributed by atoms with E-state index < -0.39 is 5.97 Å². The van der Waals surface area contributed by atoms with Gasteiger partial charge in [0.05, 0.1) is 11.3 Å². The summed E-state index contributed by atoms with van der Waals surface area (Å²) in [4.78, 5) is 15.5. The first-order chi connectivity index (χ1) is 10.2. The molecule has 0 aliphatic heterocycles. The molecule has 4 nitrogen and oxygen atoms in total. The Morgan fingerprint density at radius 1 is 1.05 bits per heavy atom. The van der Waals surface area contributed by atoms with Gasteiger partial charge in [-0.15, -0.1) is 0 Å². The van der Waals surface area contributed by atoms with Crippen LogP contribution in [0.1, 0.15) is 10.4 Å². The maximum atomic E-state index is 11.3. The topological polar surface area (TPSA) is 62.2 Å². The average Bonchev–Trinajstić information content (AvgIpc) is 2.49. The minimum atomic E-state index is -0.980. The molecule has 0 saturated heterocycles. The normalized spacial score (nSPS) is 10.5. The van der Waals surface area contributed by atoms with Crippen LogP contribution >= 0.6 is 15.9 Å². The molecule has 0 aliphatic rings. The highest BCUT2D eigenvalue weighted by atomic mass is 79.9. The van der Waals surface area contributed by atoms with Gasteiger partial charge < -0.3 is 10.4 Å². The fraction of sp³-hybridized carbons (Fsp3) is 0. The number of halogens is 1. The molecule has 0 fully saturated rings. The molecule has 0 bridgehead atoms. The van der Waals surface area contributed by atoms with Crippen molar-refractivity contribution in [1.82, 2.24) is 4.98 Å². The number of aromatic nitrogens is 1. The van der Waals surface area contributed by atoms with E-state index in [2.05, 4.69) is 26.2 Å². The Labute approximate surface area is 129 Å². The van der Waals surface area contributed by atoms with Crippen molar-refractivity contribution in [2.75, 3.05) is 5.32 Å². The van der Waals surface area contributed by atoms with Crippen molar-refractivity contribution in [3.05, 3.63) is 64.8 Å². The second kappa shape index (κ2) is 5.54. The number of pyridine rings is 1. The summed E-state index contributed by atoms with van der Waals surface area (Å²) in [6.45, 7) is 0. The van der Waals surface area contributed by atoms with Crippen molar-refractivity contribution >= 4 is 44.2 Å². The van der Waals surface area contributed by atoms with E-state index in [1.54, 1.807) is 6.07 Å². The molecule has 21 heavy (non-hydrogen) atoms. The molecule has 0 amide bonds. The van der Waals surface area contributed by atoms with E-state index >= 15 is 0 Å². The highest BCUT2D eigenvalue weighted by Gasteiger charge is 2.12. The van der Waals surface area contributed by atoms with Crippen LogP contribution < -0.4 is 5.32 Å². The summed E-state index contributed by atoms with van der Waals surface area (Å²) < 4.78 is 0.915. The molecule has 104 valence electrons. The van der Waals surface area contributed by atoms with Crippen molar-refractivity contribution in [1.29, 1.82) is 0 Å². The van der Waals surface area contributed by atoms with Gasteiger partial charge in [0.15, 0.2) is 0 Å². The first-order valence-corrected chi connectivity index (χ1v) is 7.08. The van der Waals surface area contributed by atoms with Crippen LogP contribution in [0.3, 0.4) is 0 Å². The molecule has 2 N–H and O–H groups in total. The van der Waals surface area contributed by atoms with Crippen molar-refractivity contribution in [2.24, 2.45) is 0 Å². The molecule has 3 aromatic rings. The summed E-state index contributed by atoms with van der Waals surface area (Å²) in [6, 6.07) is 15.0. The van der Waals surface area contributed by atoms with Crippen LogP contribution in [0, 0.1) is 0 Å².